The number of aromatic amines is 1. The summed E-state index contributed by atoms with van der Waals surface area (Å²) in [6.07, 6.45) is 0. The SMILES string of the molecule is N=Nc1c(O)[nH]c2ccc(S(=O)(=O)N3CCOCC3)cc12. The third-order valence-corrected chi connectivity index (χ3v) is 5.34. The van der Waals surface area contributed by atoms with Crippen LogP contribution in [0.4, 0.5) is 5.69 Å². The Balaban J connectivity index is 2.09. The molecule has 9 heteroatoms. The predicted octanol–water partition coefficient (Wildman–Crippen LogP) is 1.56. The first kappa shape index (κ1) is 14.0. The van der Waals surface area contributed by atoms with Crippen molar-refractivity contribution in [1.82, 2.24) is 9.29 Å². The van der Waals surface area contributed by atoms with E-state index in [0.717, 1.165) is 0 Å². The number of nitrogens with one attached hydrogen (secondary N) is 2. The average molecular weight is 310 g/mol. The molecule has 2 heterocycles. The summed E-state index contributed by atoms with van der Waals surface area (Å²) in [5, 5.41) is 13.3. The lowest BCUT2D eigenvalue weighted by molar-refractivity contribution is 0.0730. The molecule has 21 heavy (non-hydrogen) atoms. The Hall–Kier alpha value is -1.97. The van der Waals surface area contributed by atoms with Crippen LogP contribution in [0.5, 0.6) is 5.88 Å². The highest BCUT2D eigenvalue weighted by molar-refractivity contribution is 7.89. The van der Waals surface area contributed by atoms with Crippen molar-refractivity contribution in [2.45, 2.75) is 4.90 Å². The standard InChI is InChI=1S/C12H14N4O4S/c13-15-11-9-7-8(1-2-10(9)14-12(11)17)21(18,19)16-3-5-20-6-4-16/h1-2,7,13-14,17H,3-6H2. The minimum atomic E-state index is -3.61. The number of aromatic hydroxyl groups is 1. The molecule has 1 saturated heterocycles. The number of morpholine rings is 1. The minimum Gasteiger partial charge on any atom is -0.493 e. The number of hydrogen-bond donors (Lipinski definition) is 3. The van der Waals surface area contributed by atoms with Crippen LogP contribution in [0, 0.1) is 5.53 Å². The summed E-state index contributed by atoms with van der Waals surface area (Å²) in [6.45, 7) is 1.38. The summed E-state index contributed by atoms with van der Waals surface area (Å²) in [5.41, 5.74) is 7.63. The van der Waals surface area contributed by atoms with E-state index in [1.54, 1.807) is 6.07 Å². The van der Waals surface area contributed by atoms with Crippen molar-refractivity contribution >= 4 is 26.6 Å². The third-order valence-electron chi connectivity index (χ3n) is 3.44. The summed E-state index contributed by atoms with van der Waals surface area (Å²) >= 11 is 0. The van der Waals surface area contributed by atoms with Crippen molar-refractivity contribution in [3.8, 4) is 5.88 Å². The molecule has 3 N–H and O–H groups in total. The Bertz CT molecular complexity index is 793. The zero-order valence-corrected chi connectivity index (χ0v) is 11.9. The molecule has 1 aliphatic heterocycles. The maximum atomic E-state index is 12.6. The number of sulfonamides is 1. The van der Waals surface area contributed by atoms with Crippen molar-refractivity contribution in [1.29, 1.82) is 5.53 Å². The van der Waals surface area contributed by atoms with Gasteiger partial charge in [-0.2, -0.15) is 9.42 Å². The molecule has 0 saturated carbocycles. The Morgan fingerprint density at radius 1 is 1.33 bits per heavy atom. The number of H-pyrrole nitrogens is 1. The summed E-state index contributed by atoms with van der Waals surface area (Å²) in [5.74, 6) is -0.249. The first-order chi connectivity index (χ1) is 10.0. The Labute approximate surface area is 120 Å². The predicted molar refractivity (Wildman–Crippen MR) is 74.3 cm³/mol. The van der Waals surface area contributed by atoms with Crippen LogP contribution in [0.3, 0.4) is 0 Å². The van der Waals surface area contributed by atoms with Crippen LogP contribution in [0.15, 0.2) is 28.2 Å². The lowest BCUT2D eigenvalue weighted by Gasteiger charge is -2.26. The fourth-order valence-electron chi connectivity index (χ4n) is 2.35. The van der Waals surface area contributed by atoms with Gasteiger partial charge in [0, 0.05) is 18.5 Å². The van der Waals surface area contributed by atoms with Crippen LogP contribution in [-0.2, 0) is 14.8 Å². The molecular weight excluding hydrogens is 296 g/mol. The summed E-state index contributed by atoms with van der Waals surface area (Å²) in [4.78, 5) is 2.76. The maximum Gasteiger partial charge on any atom is 0.243 e. The molecule has 1 aromatic carbocycles. The normalized spacial score (nSPS) is 17.1. The Morgan fingerprint density at radius 2 is 2.05 bits per heavy atom. The molecule has 1 aliphatic rings. The molecule has 3 rings (SSSR count). The number of fused-ring (bicyclic) bond motifs is 1. The van der Waals surface area contributed by atoms with E-state index in [1.807, 2.05) is 0 Å². The molecule has 0 bridgehead atoms. The van der Waals surface area contributed by atoms with E-state index in [0.29, 0.717) is 37.2 Å². The van der Waals surface area contributed by atoms with Gasteiger partial charge in [0.25, 0.3) is 0 Å². The monoisotopic (exact) mass is 310 g/mol. The van der Waals surface area contributed by atoms with Crippen molar-refractivity contribution in [2.24, 2.45) is 5.11 Å². The quantitative estimate of drug-likeness (QED) is 0.745. The summed E-state index contributed by atoms with van der Waals surface area (Å²) < 4.78 is 31.6. The molecule has 1 aromatic heterocycles. The van der Waals surface area contributed by atoms with Crippen LogP contribution in [0.2, 0.25) is 0 Å². The van der Waals surface area contributed by atoms with Crippen molar-refractivity contribution in [3.63, 3.8) is 0 Å². The molecule has 0 atom stereocenters. The highest BCUT2D eigenvalue weighted by Crippen LogP contribution is 2.36. The molecule has 112 valence electrons. The number of benzene rings is 1. The molecule has 1 fully saturated rings. The molecule has 8 nitrogen and oxygen atoms in total. The molecule has 0 aliphatic carbocycles. The van der Waals surface area contributed by atoms with Crippen LogP contribution < -0.4 is 0 Å². The number of hydrogen-bond acceptors (Lipinski definition) is 6. The Kier molecular flexibility index (Phi) is 3.40. The van der Waals surface area contributed by atoms with Gasteiger partial charge in [0.2, 0.25) is 15.9 Å². The second kappa shape index (κ2) is 5.10. The lowest BCUT2D eigenvalue weighted by atomic mass is 10.2. The molecule has 0 spiro atoms. The highest BCUT2D eigenvalue weighted by atomic mass is 32.2. The topological polar surface area (TPSA) is 119 Å². The minimum absolute atomic E-state index is 0.0315. The number of aromatic nitrogens is 1. The Morgan fingerprint density at radius 3 is 2.71 bits per heavy atom. The van der Waals surface area contributed by atoms with Gasteiger partial charge in [-0.25, -0.2) is 13.9 Å². The van der Waals surface area contributed by atoms with Gasteiger partial charge in [-0.3, -0.25) is 0 Å². The fraction of sp³-hybridized carbons (Fsp3) is 0.333. The molecule has 0 amide bonds. The van der Waals surface area contributed by atoms with Crippen molar-refractivity contribution < 1.29 is 18.3 Å². The molecule has 2 aromatic rings. The first-order valence-corrected chi connectivity index (χ1v) is 7.78. The van der Waals surface area contributed by atoms with E-state index < -0.39 is 10.0 Å². The van der Waals surface area contributed by atoms with Gasteiger partial charge in [-0.15, -0.1) is 0 Å². The van der Waals surface area contributed by atoms with E-state index in [1.165, 1.54) is 16.4 Å². The number of nitrogens with zero attached hydrogens (tertiary/aromatic N) is 2. The van der Waals surface area contributed by atoms with Gasteiger partial charge in [-0.05, 0) is 18.2 Å². The van der Waals surface area contributed by atoms with Crippen LogP contribution in [0.1, 0.15) is 0 Å². The number of ether oxygens (including phenoxy) is 1. The second-order valence-corrected chi connectivity index (χ2v) is 6.60. The number of rotatable bonds is 3. The lowest BCUT2D eigenvalue weighted by Crippen LogP contribution is -2.40. The van der Waals surface area contributed by atoms with Gasteiger partial charge in [0.15, 0.2) is 5.69 Å². The van der Waals surface area contributed by atoms with E-state index in [9.17, 15) is 13.5 Å². The third kappa shape index (κ3) is 2.28. The van der Waals surface area contributed by atoms with E-state index in [4.69, 9.17) is 10.3 Å². The van der Waals surface area contributed by atoms with Gasteiger partial charge >= 0.3 is 0 Å². The van der Waals surface area contributed by atoms with E-state index >= 15 is 0 Å². The van der Waals surface area contributed by atoms with E-state index in [-0.39, 0.29) is 16.5 Å². The smallest absolute Gasteiger partial charge is 0.243 e. The zero-order chi connectivity index (χ0) is 15.0. The van der Waals surface area contributed by atoms with Crippen LogP contribution >= 0.6 is 0 Å². The van der Waals surface area contributed by atoms with E-state index in [2.05, 4.69) is 10.1 Å². The van der Waals surface area contributed by atoms with Crippen molar-refractivity contribution in [2.75, 3.05) is 26.3 Å². The first-order valence-electron chi connectivity index (χ1n) is 6.34. The van der Waals surface area contributed by atoms with Gasteiger partial charge in [0.05, 0.1) is 23.6 Å². The molecule has 0 radical (unpaired) electrons. The molecular formula is C12H14N4O4S. The maximum absolute atomic E-state index is 12.6. The zero-order valence-electron chi connectivity index (χ0n) is 11.0. The van der Waals surface area contributed by atoms with Crippen LogP contribution in [-0.4, -0.2) is 49.1 Å². The van der Waals surface area contributed by atoms with Gasteiger partial charge in [-0.1, -0.05) is 0 Å². The molecule has 0 unspecified atom stereocenters. The second-order valence-electron chi connectivity index (χ2n) is 4.66. The fourth-order valence-corrected chi connectivity index (χ4v) is 3.79. The largest absolute Gasteiger partial charge is 0.493 e. The average Bonchev–Trinajstić information content (AvgIpc) is 2.82. The highest BCUT2D eigenvalue weighted by Gasteiger charge is 2.27. The summed E-state index contributed by atoms with van der Waals surface area (Å²) in [6, 6.07) is 4.44. The van der Waals surface area contributed by atoms with Crippen molar-refractivity contribution in [3.05, 3.63) is 18.2 Å². The van der Waals surface area contributed by atoms with Crippen LogP contribution in [0.25, 0.3) is 10.9 Å². The van der Waals surface area contributed by atoms with Gasteiger partial charge in [0.1, 0.15) is 0 Å². The summed E-state index contributed by atoms with van der Waals surface area (Å²) in [7, 11) is -3.61. The van der Waals surface area contributed by atoms with Gasteiger partial charge < -0.3 is 14.8 Å².